The molecule has 162 valence electrons. The number of morpholine rings is 1. The first kappa shape index (κ1) is 20.7. The van der Waals surface area contributed by atoms with Crippen LogP contribution < -0.4 is 5.43 Å². The summed E-state index contributed by atoms with van der Waals surface area (Å²) in [4.78, 5) is 17.2. The Hall–Kier alpha value is -3.19. The fourth-order valence-corrected chi connectivity index (χ4v) is 4.09. The predicted molar refractivity (Wildman–Crippen MR) is 124 cm³/mol. The second-order valence-electron chi connectivity index (χ2n) is 7.69. The lowest BCUT2D eigenvalue weighted by molar-refractivity contribution is 0.0124. The van der Waals surface area contributed by atoms with Crippen LogP contribution in [0.15, 0.2) is 71.1 Å². The maximum absolute atomic E-state index is 12.6. The largest absolute Gasteiger partial charge is 0.456 e. The number of hydrazine groups is 1. The van der Waals surface area contributed by atoms with Crippen LogP contribution in [0.3, 0.4) is 0 Å². The van der Waals surface area contributed by atoms with Gasteiger partial charge < -0.3 is 9.15 Å². The molecule has 0 saturated carbocycles. The van der Waals surface area contributed by atoms with Gasteiger partial charge in [-0.25, -0.2) is 9.99 Å². The normalized spacial score (nSPS) is 14.5. The van der Waals surface area contributed by atoms with Crippen LogP contribution in [0.25, 0.3) is 22.3 Å². The van der Waals surface area contributed by atoms with E-state index in [0.29, 0.717) is 43.4 Å². The maximum Gasteiger partial charge on any atom is 0.284 e. The van der Waals surface area contributed by atoms with Crippen LogP contribution in [-0.4, -0.2) is 42.2 Å². The molecule has 1 aliphatic rings. The topological polar surface area (TPSA) is 67.6 Å². The standard InChI is InChI=1S/C25H22ClN3O3/c26-20-13-18(24-19(14-20)16-23(32-24)17-5-2-1-3-6-17)15-21-7-4-8-22(27-21)25(30)28-29-9-11-31-12-10-29/h1-8,13-14,16H,9-12,15H2,(H,28,30). The number of carbonyl (C=O) groups excluding carboxylic acids is 1. The van der Waals surface area contributed by atoms with E-state index in [0.717, 1.165) is 33.6 Å². The van der Waals surface area contributed by atoms with Gasteiger partial charge in [0.25, 0.3) is 5.91 Å². The molecule has 3 heterocycles. The van der Waals surface area contributed by atoms with Crippen LogP contribution in [0, 0.1) is 0 Å². The van der Waals surface area contributed by atoms with Crippen LogP contribution in [0.1, 0.15) is 21.7 Å². The van der Waals surface area contributed by atoms with Crippen molar-refractivity contribution in [2.24, 2.45) is 0 Å². The summed E-state index contributed by atoms with van der Waals surface area (Å²) in [6.45, 7) is 2.53. The molecule has 0 bridgehead atoms. The summed E-state index contributed by atoms with van der Waals surface area (Å²) in [5.41, 5.74) is 6.74. The van der Waals surface area contributed by atoms with Crippen molar-refractivity contribution < 1.29 is 13.9 Å². The van der Waals surface area contributed by atoms with Crippen molar-refractivity contribution in [1.29, 1.82) is 0 Å². The highest BCUT2D eigenvalue weighted by molar-refractivity contribution is 6.31. The van der Waals surface area contributed by atoms with Crippen molar-refractivity contribution in [3.05, 3.63) is 88.7 Å². The van der Waals surface area contributed by atoms with Crippen LogP contribution in [0.4, 0.5) is 0 Å². The SMILES string of the molecule is O=C(NN1CCOCC1)c1cccc(Cc2cc(Cl)cc3cc(-c4ccccc4)oc23)n1. The highest BCUT2D eigenvalue weighted by Gasteiger charge is 2.17. The number of carbonyl (C=O) groups is 1. The minimum atomic E-state index is -0.227. The van der Waals surface area contributed by atoms with E-state index in [4.69, 9.17) is 20.8 Å². The summed E-state index contributed by atoms with van der Waals surface area (Å²) in [6, 6.07) is 21.2. The molecule has 1 fully saturated rings. The van der Waals surface area contributed by atoms with Crippen LogP contribution in [-0.2, 0) is 11.2 Å². The molecule has 2 aromatic heterocycles. The van der Waals surface area contributed by atoms with Crippen LogP contribution in [0.2, 0.25) is 5.02 Å². The molecule has 1 N–H and O–H groups in total. The van der Waals surface area contributed by atoms with E-state index in [2.05, 4.69) is 10.4 Å². The van der Waals surface area contributed by atoms with Crippen molar-refractivity contribution in [2.75, 3.05) is 26.3 Å². The van der Waals surface area contributed by atoms with Gasteiger partial charge in [0.2, 0.25) is 0 Å². The van der Waals surface area contributed by atoms with Gasteiger partial charge in [0.1, 0.15) is 17.0 Å². The summed E-state index contributed by atoms with van der Waals surface area (Å²) in [5.74, 6) is 0.560. The van der Waals surface area contributed by atoms with Crippen molar-refractivity contribution in [1.82, 2.24) is 15.4 Å². The molecule has 0 aliphatic carbocycles. The summed E-state index contributed by atoms with van der Waals surface area (Å²) in [5, 5.41) is 3.43. The smallest absolute Gasteiger partial charge is 0.284 e. The minimum absolute atomic E-state index is 0.227. The Bertz CT molecular complexity index is 1250. The van der Waals surface area contributed by atoms with E-state index >= 15 is 0 Å². The number of nitrogens with zero attached hydrogens (tertiary/aromatic N) is 2. The number of ether oxygens (including phenoxy) is 1. The lowest BCUT2D eigenvalue weighted by Crippen LogP contribution is -2.48. The number of hydrogen-bond donors (Lipinski definition) is 1. The van der Waals surface area contributed by atoms with Crippen LogP contribution in [0.5, 0.6) is 0 Å². The number of fused-ring (bicyclic) bond motifs is 1. The first-order valence-electron chi connectivity index (χ1n) is 10.5. The molecule has 7 heteroatoms. The van der Waals surface area contributed by atoms with Gasteiger partial charge >= 0.3 is 0 Å². The zero-order valence-electron chi connectivity index (χ0n) is 17.4. The minimum Gasteiger partial charge on any atom is -0.456 e. The molecule has 0 atom stereocenters. The highest BCUT2D eigenvalue weighted by atomic mass is 35.5. The third-order valence-electron chi connectivity index (χ3n) is 5.40. The number of hydrogen-bond acceptors (Lipinski definition) is 5. The molecule has 0 radical (unpaired) electrons. The van der Waals surface area contributed by atoms with Gasteiger partial charge in [-0.1, -0.05) is 48.0 Å². The fourth-order valence-electron chi connectivity index (χ4n) is 3.84. The van der Waals surface area contributed by atoms with Crippen molar-refractivity contribution in [3.63, 3.8) is 0 Å². The van der Waals surface area contributed by atoms with Gasteiger partial charge in [-0.2, -0.15) is 0 Å². The molecule has 0 spiro atoms. The maximum atomic E-state index is 12.6. The summed E-state index contributed by atoms with van der Waals surface area (Å²) in [7, 11) is 0. The van der Waals surface area contributed by atoms with Crippen molar-refractivity contribution in [3.8, 4) is 11.3 Å². The molecule has 1 saturated heterocycles. The van der Waals surface area contributed by atoms with Gasteiger partial charge in [-0.05, 0) is 30.3 Å². The summed E-state index contributed by atoms with van der Waals surface area (Å²) >= 11 is 6.39. The van der Waals surface area contributed by atoms with E-state index in [-0.39, 0.29) is 5.91 Å². The molecule has 2 aromatic carbocycles. The van der Waals surface area contributed by atoms with E-state index in [9.17, 15) is 4.79 Å². The average Bonchev–Trinajstić information content (AvgIpc) is 3.25. The zero-order chi connectivity index (χ0) is 21.9. The number of pyridine rings is 1. The molecular weight excluding hydrogens is 426 g/mol. The van der Waals surface area contributed by atoms with Gasteiger partial charge in [-0.3, -0.25) is 10.2 Å². The number of halogens is 1. The Balaban J connectivity index is 1.41. The average molecular weight is 448 g/mol. The first-order chi connectivity index (χ1) is 15.7. The lowest BCUT2D eigenvalue weighted by atomic mass is 10.1. The monoisotopic (exact) mass is 447 g/mol. The van der Waals surface area contributed by atoms with Crippen molar-refractivity contribution >= 4 is 28.5 Å². The zero-order valence-corrected chi connectivity index (χ0v) is 18.1. The third kappa shape index (κ3) is 4.53. The van der Waals surface area contributed by atoms with E-state index in [1.165, 1.54) is 0 Å². The van der Waals surface area contributed by atoms with Gasteiger partial charge in [0, 0.05) is 46.7 Å². The quantitative estimate of drug-likeness (QED) is 0.479. The molecule has 4 aromatic rings. The van der Waals surface area contributed by atoms with Gasteiger partial charge in [0.05, 0.1) is 13.2 Å². The Morgan fingerprint density at radius 3 is 2.66 bits per heavy atom. The van der Waals surface area contributed by atoms with E-state index in [1.54, 1.807) is 6.07 Å². The molecule has 6 nitrogen and oxygen atoms in total. The molecule has 1 amide bonds. The van der Waals surface area contributed by atoms with Gasteiger partial charge in [-0.15, -0.1) is 0 Å². The van der Waals surface area contributed by atoms with Gasteiger partial charge in [0.15, 0.2) is 0 Å². The molecule has 1 aliphatic heterocycles. The summed E-state index contributed by atoms with van der Waals surface area (Å²) in [6.07, 6.45) is 0.497. The van der Waals surface area contributed by atoms with Crippen LogP contribution >= 0.6 is 11.6 Å². The number of rotatable bonds is 5. The second kappa shape index (κ2) is 9.12. The van der Waals surface area contributed by atoms with E-state index < -0.39 is 0 Å². The Kier molecular flexibility index (Phi) is 5.90. The second-order valence-corrected chi connectivity index (χ2v) is 8.13. The Morgan fingerprint density at radius 1 is 1.03 bits per heavy atom. The number of furan rings is 1. The molecule has 5 rings (SSSR count). The molecule has 32 heavy (non-hydrogen) atoms. The number of benzene rings is 2. The Morgan fingerprint density at radius 2 is 1.84 bits per heavy atom. The highest BCUT2D eigenvalue weighted by Crippen LogP contribution is 2.33. The first-order valence-corrected chi connectivity index (χ1v) is 10.9. The number of nitrogens with one attached hydrogen (secondary N) is 1. The van der Waals surface area contributed by atoms with Crippen molar-refractivity contribution in [2.45, 2.75) is 6.42 Å². The lowest BCUT2D eigenvalue weighted by Gasteiger charge is -2.26. The number of aromatic nitrogens is 1. The molecular formula is C25H22ClN3O3. The predicted octanol–water partition coefficient (Wildman–Crippen LogP) is 4.72. The molecule has 0 unspecified atom stereocenters. The fraction of sp³-hybridized carbons (Fsp3) is 0.200. The number of amides is 1. The van der Waals surface area contributed by atoms with E-state index in [1.807, 2.05) is 65.7 Å². The Labute approximate surface area is 190 Å². The summed E-state index contributed by atoms with van der Waals surface area (Å²) < 4.78 is 11.5. The third-order valence-corrected chi connectivity index (χ3v) is 5.62.